The van der Waals surface area contributed by atoms with E-state index in [2.05, 4.69) is 0 Å². The van der Waals surface area contributed by atoms with Gasteiger partial charge < -0.3 is 9.15 Å². The second-order valence-electron chi connectivity index (χ2n) is 5.93. The lowest BCUT2D eigenvalue weighted by Gasteiger charge is -2.05. The van der Waals surface area contributed by atoms with Crippen molar-refractivity contribution >= 4 is 22.7 Å². The Labute approximate surface area is 144 Å². The van der Waals surface area contributed by atoms with Gasteiger partial charge in [0.05, 0.1) is 18.2 Å². The zero-order valence-electron chi connectivity index (χ0n) is 14.0. The maximum Gasteiger partial charge on any atom is 0.310 e. The van der Waals surface area contributed by atoms with Crippen LogP contribution in [-0.2, 0) is 16.0 Å². The molecule has 2 aromatic carbocycles. The van der Waals surface area contributed by atoms with Gasteiger partial charge in [0, 0.05) is 10.9 Å². The Bertz CT molecular complexity index is 955. The lowest BCUT2D eigenvalue weighted by molar-refractivity contribution is -0.141. The second kappa shape index (κ2) is 6.89. The molecule has 5 heteroatoms. The number of hydrogen-bond acceptors (Lipinski definition) is 4. The minimum atomic E-state index is -0.629. The largest absolute Gasteiger partial charge is 0.464 e. The zero-order valence-corrected chi connectivity index (χ0v) is 14.0. The normalized spacial score (nSPS) is 10.8. The number of halogens is 1. The molecule has 4 nitrogen and oxygen atoms in total. The summed E-state index contributed by atoms with van der Waals surface area (Å²) >= 11 is 0. The molecule has 0 spiro atoms. The molecule has 0 N–H and O–H groups in total. The van der Waals surface area contributed by atoms with Crippen LogP contribution in [-0.4, -0.2) is 18.4 Å². The number of fused-ring (bicyclic) bond motifs is 1. The third-order valence-corrected chi connectivity index (χ3v) is 4.14. The van der Waals surface area contributed by atoms with Crippen molar-refractivity contribution in [2.24, 2.45) is 0 Å². The summed E-state index contributed by atoms with van der Waals surface area (Å²) < 4.78 is 24.0. The Balaban J connectivity index is 1.66. The number of ketones is 1. The number of rotatable bonds is 5. The third kappa shape index (κ3) is 3.60. The van der Waals surface area contributed by atoms with Crippen LogP contribution in [0.5, 0.6) is 0 Å². The van der Waals surface area contributed by atoms with Crippen molar-refractivity contribution in [1.82, 2.24) is 0 Å². The molecule has 0 unspecified atom stereocenters. The van der Waals surface area contributed by atoms with E-state index in [1.54, 1.807) is 6.07 Å². The van der Waals surface area contributed by atoms with Gasteiger partial charge in [-0.1, -0.05) is 12.1 Å². The average Bonchev–Trinajstić information content (AvgIpc) is 2.95. The van der Waals surface area contributed by atoms with Gasteiger partial charge in [-0.15, -0.1) is 0 Å². The number of Topliss-reactive ketones (excluding diaryl/α,β-unsaturated/α-hetero) is 1. The third-order valence-electron chi connectivity index (χ3n) is 4.14. The van der Waals surface area contributed by atoms with E-state index in [9.17, 15) is 14.0 Å². The molecule has 0 aliphatic rings. The van der Waals surface area contributed by atoms with Crippen molar-refractivity contribution in [1.29, 1.82) is 0 Å². The molecule has 1 heterocycles. The van der Waals surface area contributed by atoms with Crippen molar-refractivity contribution < 1.29 is 23.1 Å². The standard InChI is InChI=1S/C20H17FO4/c1-12-7-16-14(10-24-19(16)8-13(12)2)9-20(23)25-11-18(22)15-5-3-4-6-17(15)21/h3-8,10H,9,11H2,1-2H3. The molecule has 1 aromatic heterocycles. The first-order chi connectivity index (χ1) is 12.0. The number of furan rings is 1. The Morgan fingerprint density at radius 3 is 2.60 bits per heavy atom. The molecule has 0 atom stereocenters. The van der Waals surface area contributed by atoms with Gasteiger partial charge in [0.15, 0.2) is 6.61 Å². The number of benzene rings is 2. The molecule has 0 aliphatic heterocycles. The Morgan fingerprint density at radius 2 is 1.84 bits per heavy atom. The van der Waals surface area contributed by atoms with Crippen LogP contribution in [0.1, 0.15) is 27.0 Å². The van der Waals surface area contributed by atoms with Crippen molar-refractivity contribution in [3.63, 3.8) is 0 Å². The molecule has 128 valence electrons. The maximum atomic E-state index is 13.5. The van der Waals surface area contributed by atoms with Crippen molar-refractivity contribution in [2.75, 3.05) is 6.61 Å². The monoisotopic (exact) mass is 340 g/mol. The van der Waals surface area contributed by atoms with Gasteiger partial charge in [-0.3, -0.25) is 9.59 Å². The van der Waals surface area contributed by atoms with Crippen LogP contribution in [0.25, 0.3) is 11.0 Å². The summed E-state index contributed by atoms with van der Waals surface area (Å²) in [5, 5.41) is 0.848. The molecule has 0 radical (unpaired) electrons. The van der Waals surface area contributed by atoms with E-state index in [-0.39, 0.29) is 12.0 Å². The van der Waals surface area contributed by atoms with E-state index in [1.807, 2.05) is 26.0 Å². The number of carbonyl (C=O) groups is 2. The Kier molecular flexibility index (Phi) is 4.65. The SMILES string of the molecule is Cc1cc2occ(CC(=O)OCC(=O)c3ccccc3F)c2cc1C. The van der Waals surface area contributed by atoms with Gasteiger partial charge in [-0.25, -0.2) is 4.39 Å². The molecule has 3 aromatic rings. The smallest absolute Gasteiger partial charge is 0.310 e. The second-order valence-corrected chi connectivity index (χ2v) is 5.93. The summed E-state index contributed by atoms with van der Waals surface area (Å²) in [4.78, 5) is 23.9. The van der Waals surface area contributed by atoms with Crippen LogP contribution in [0.4, 0.5) is 4.39 Å². The van der Waals surface area contributed by atoms with Gasteiger partial charge in [0.1, 0.15) is 11.4 Å². The zero-order chi connectivity index (χ0) is 18.0. The maximum absolute atomic E-state index is 13.5. The fraction of sp³-hybridized carbons (Fsp3) is 0.200. The van der Waals surface area contributed by atoms with E-state index in [0.717, 1.165) is 16.5 Å². The molecule has 3 rings (SSSR count). The number of aryl methyl sites for hydroxylation is 2. The minimum Gasteiger partial charge on any atom is -0.464 e. The first kappa shape index (κ1) is 16.9. The first-order valence-electron chi connectivity index (χ1n) is 7.86. The predicted octanol–water partition coefficient (Wildman–Crippen LogP) is 4.16. The van der Waals surface area contributed by atoms with Gasteiger partial charge in [-0.05, 0) is 49.2 Å². The van der Waals surface area contributed by atoms with Crippen LogP contribution >= 0.6 is 0 Å². The van der Waals surface area contributed by atoms with Gasteiger partial charge in [-0.2, -0.15) is 0 Å². The van der Waals surface area contributed by atoms with E-state index in [0.29, 0.717) is 11.1 Å². The molecule has 0 bridgehead atoms. The number of ether oxygens (including phenoxy) is 1. The van der Waals surface area contributed by atoms with Crippen molar-refractivity contribution in [2.45, 2.75) is 20.3 Å². The van der Waals surface area contributed by atoms with Crippen LogP contribution in [0, 0.1) is 19.7 Å². The molecular weight excluding hydrogens is 323 g/mol. The topological polar surface area (TPSA) is 56.5 Å². The summed E-state index contributed by atoms with van der Waals surface area (Å²) in [6, 6.07) is 9.48. The molecule has 0 aliphatic carbocycles. The van der Waals surface area contributed by atoms with Crippen LogP contribution in [0.2, 0.25) is 0 Å². The summed E-state index contributed by atoms with van der Waals surface area (Å²) in [5.74, 6) is -1.77. The fourth-order valence-electron chi connectivity index (χ4n) is 2.59. The quantitative estimate of drug-likeness (QED) is 0.517. The molecule has 25 heavy (non-hydrogen) atoms. The summed E-state index contributed by atoms with van der Waals surface area (Å²) in [6.45, 7) is 3.48. The van der Waals surface area contributed by atoms with Crippen LogP contribution in [0.15, 0.2) is 47.1 Å². The highest BCUT2D eigenvalue weighted by Crippen LogP contribution is 2.25. The summed E-state index contributed by atoms with van der Waals surface area (Å²) in [7, 11) is 0. The van der Waals surface area contributed by atoms with Crippen LogP contribution in [0.3, 0.4) is 0 Å². The molecule has 0 saturated heterocycles. The predicted molar refractivity (Wildman–Crippen MR) is 91.1 cm³/mol. The average molecular weight is 340 g/mol. The highest BCUT2D eigenvalue weighted by atomic mass is 19.1. The van der Waals surface area contributed by atoms with E-state index in [1.165, 1.54) is 24.5 Å². The Hall–Kier alpha value is -2.95. The van der Waals surface area contributed by atoms with E-state index < -0.39 is 24.2 Å². The Morgan fingerprint density at radius 1 is 1.12 bits per heavy atom. The van der Waals surface area contributed by atoms with Gasteiger partial charge in [0.2, 0.25) is 5.78 Å². The lowest BCUT2D eigenvalue weighted by Crippen LogP contribution is -2.16. The van der Waals surface area contributed by atoms with Gasteiger partial charge >= 0.3 is 5.97 Å². The van der Waals surface area contributed by atoms with Crippen molar-refractivity contribution in [3.8, 4) is 0 Å². The fourth-order valence-corrected chi connectivity index (χ4v) is 2.59. The van der Waals surface area contributed by atoms with E-state index >= 15 is 0 Å². The van der Waals surface area contributed by atoms with E-state index in [4.69, 9.17) is 9.15 Å². The number of carbonyl (C=O) groups excluding carboxylic acids is 2. The number of esters is 1. The highest BCUT2D eigenvalue weighted by molar-refractivity contribution is 5.98. The minimum absolute atomic E-state index is 0.0138. The first-order valence-corrected chi connectivity index (χ1v) is 7.86. The summed E-state index contributed by atoms with van der Waals surface area (Å²) in [5.41, 5.74) is 3.51. The van der Waals surface area contributed by atoms with Crippen LogP contribution < -0.4 is 0 Å². The molecule has 0 saturated carbocycles. The summed E-state index contributed by atoms with van der Waals surface area (Å²) in [6.07, 6.45) is 1.50. The molecule has 0 fully saturated rings. The van der Waals surface area contributed by atoms with Crippen molar-refractivity contribution in [3.05, 3.63) is 70.7 Å². The molecular formula is C20H17FO4. The lowest BCUT2D eigenvalue weighted by atomic mass is 10.0. The van der Waals surface area contributed by atoms with Gasteiger partial charge in [0.25, 0.3) is 0 Å². The number of hydrogen-bond donors (Lipinski definition) is 0. The highest BCUT2D eigenvalue weighted by Gasteiger charge is 2.16. The molecule has 0 amide bonds.